The van der Waals surface area contributed by atoms with Crippen molar-refractivity contribution in [2.75, 3.05) is 5.73 Å². The summed E-state index contributed by atoms with van der Waals surface area (Å²) in [6, 6.07) is 1.33. The van der Waals surface area contributed by atoms with Crippen LogP contribution in [0, 0.1) is 6.92 Å². The first-order chi connectivity index (χ1) is 10.4. The predicted octanol–water partition coefficient (Wildman–Crippen LogP) is 3.78. The molecule has 0 unspecified atom stereocenters. The van der Waals surface area contributed by atoms with Crippen LogP contribution in [0.3, 0.4) is 0 Å². The number of hydrogen-bond donors (Lipinski definition) is 1. The molecule has 0 heterocycles. The Morgan fingerprint density at radius 2 is 1.33 bits per heavy atom. The van der Waals surface area contributed by atoms with Crippen LogP contribution in [0.4, 0.5) is 45.2 Å². The van der Waals surface area contributed by atoms with Crippen LogP contribution in [-0.2, 0) is 9.84 Å². The number of nitrogen functional groups attached to an aromatic ring is 1. The van der Waals surface area contributed by atoms with Crippen molar-refractivity contribution in [2.45, 2.75) is 35.1 Å². The van der Waals surface area contributed by atoms with Crippen LogP contribution in [0.25, 0.3) is 0 Å². The molecule has 138 valence electrons. The number of anilines is 1. The third-order valence-electron chi connectivity index (χ3n) is 3.00. The molecule has 0 radical (unpaired) electrons. The average Bonchev–Trinajstić information content (AvgIpc) is 2.39. The van der Waals surface area contributed by atoms with Crippen molar-refractivity contribution in [3.8, 4) is 0 Å². The second kappa shape index (κ2) is 5.43. The highest BCUT2D eigenvalue weighted by molar-refractivity contribution is 7.92. The summed E-state index contributed by atoms with van der Waals surface area (Å²) in [7, 11) is -6.60. The number of alkyl halides is 9. The molecule has 0 aliphatic carbocycles. The Hall–Kier alpha value is -1.66. The van der Waals surface area contributed by atoms with Gasteiger partial charge in [-0.3, -0.25) is 0 Å². The number of nitrogens with two attached hydrogens (primary N) is 1. The van der Waals surface area contributed by atoms with Crippen LogP contribution in [0.15, 0.2) is 23.1 Å². The molecular weight excluding hydrogens is 381 g/mol. The molecule has 0 bridgehead atoms. The lowest BCUT2D eigenvalue weighted by Gasteiger charge is -2.33. The number of halogens is 9. The molecule has 0 aliphatic heterocycles. The quantitative estimate of drug-likeness (QED) is 0.630. The van der Waals surface area contributed by atoms with E-state index in [0.29, 0.717) is 12.1 Å². The summed E-state index contributed by atoms with van der Waals surface area (Å²) in [5.74, 6) is -14.5. The van der Waals surface area contributed by atoms with Crippen molar-refractivity contribution in [1.82, 2.24) is 0 Å². The Kier molecular flexibility index (Phi) is 4.61. The summed E-state index contributed by atoms with van der Waals surface area (Å²) in [5, 5.41) is -6.75. The average molecular weight is 389 g/mol. The van der Waals surface area contributed by atoms with Crippen molar-refractivity contribution in [3.63, 3.8) is 0 Å². The molecule has 0 saturated carbocycles. The number of benzene rings is 1. The summed E-state index contributed by atoms with van der Waals surface area (Å²) < 4.78 is 138. The molecular formula is C11H8F9NO2S. The summed E-state index contributed by atoms with van der Waals surface area (Å²) in [6.45, 7) is 1.08. The summed E-state index contributed by atoms with van der Waals surface area (Å²) in [4.78, 5) is -1.59. The minimum Gasteiger partial charge on any atom is -0.399 e. The first-order valence-electron chi connectivity index (χ1n) is 5.72. The van der Waals surface area contributed by atoms with Crippen LogP contribution in [0.2, 0.25) is 0 Å². The second-order valence-corrected chi connectivity index (χ2v) is 6.68. The van der Waals surface area contributed by atoms with E-state index in [4.69, 9.17) is 5.73 Å². The van der Waals surface area contributed by atoms with Gasteiger partial charge in [0.2, 0.25) is 9.84 Å². The maximum absolute atomic E-state index is 13.6. The molecule has 0 aromatic heterocycles. The van der Waals surface area contributed by atoms with Gasteiger partial charge < -0.3 is 5.73 Å². The Bertz CT molecular complexity index is 740. The van der Waals surface area contributed by atoms with Gasteiger partial charge in [-0.2, -0.15) is 39.5 Å². The van der Waals surface area contributed by atoms with Gasteiger partial charge in [0.25, 0.3) is 0 Å². The van der Waals surface area contributed by atoms with Crippen LogP contribution in [0.1, 0.15) is 5.56 Å². The maximum atomic E-state index is 13.6. The van der Waals surface area contributed by atoms with Gasteiger partial charge in [0.05, 0.1) is 4.90 Å². The van der Waals surface area contributed by atoms with E-state index >= 15 is 0 Å². The summed E-state index contributed by atoms with van der Waals surface area (Å²) >= 11 is 0. The second-order valence-electron chi connectivity index (χ2n) is 4.69. The molecule has 1 aromatic carbocycles. The van der Waals surface area contributed by atoms with Gasteiger partial charge in [0.1, 0.15) is 0 Å². The molecule has 0 saturated heterocycles. The minimum atomic E-state index is -7.29. The normalized spacial score (nSPS) is 14.8. The highest BCUT2D eigenvalue weighted by Crippen LogP contribution is 2.55. The third-order valence-corrected chi connectivity index (χ3v) is 4.81. The van der Waals surface area contributed by atoms with Crippen molar-refractivity contribution in [2.24, 2.45) is 0 Å². The van der Waals surface area contributed by atoms with Gasteiger partial charge in [-0.25, -0.2) is 8.42 Å². The fourth-order valence-corrected chi connectivity index (χ4v) is 2.83. The number of aryl methyl sites for hydroxylation is 1. The van der Waals surface area contributed by atoms with Crippen LogP contribution in [0.5, 0.6) is 0 Å². The summed E-state index contributed by atoms with van der Waals surface area (Å²) in [6.07, 6.45) is -7.10. The van der Waals surface area contributed by atoms with E-state index in [1.807, 2.05) is 0 Å². The molecule has 1 aromatic rings. The van der Waals surface area contributed by atoms with E-state index in [1.54, 1.807) is 0 Å². The third kappa shape index (κ3) is 2.67. The van der Waals surface area contributed by atoms with Gasteiger partial charge in [-0.1, -0.05) is 0 Å². The van der Waals surface area contributed by atoms with Gasteiger partial charge in [0, 0.05) is 5.69 Å². The SMILES string of the molecule is Cc1cc(S(=O)(=O)C(F)(F)C(F)(F)C(F)(F)C(F)(F)F)ccc1N. The van der Waals surface area contributed by atoms with Gasteiger partial charge in [0.15, 0.2) is 0 Å². The molecule has 0 amide bonds. The molecule has 3 nitrogen and oxygen atoms in total. The minimum absolute atomic E-state index is 0.148. The van der Waals surface area contributed by atoms with E-state index in [1.165, 1.54) is 0 Å². The fraction of sp³-hybridized carbons (Fsp3) is 0.455. The Labute approximate surface area is 129 Å². The fourth-order valence-electron chi connectivity index (χ4n) is 1.49. The van der Waals surface area contributed by atoms with Gasteiger partial charge >= 0.3 is 23.3 Å². The maximum Gasteiger partial charge on any atom is 0.460 e. The Balaban J connectivity index is 3.59. The monoisotopic (exact) mass is 389 g/mol. The predicted molar refractivity (Wildman–Crippen MR) is 63.7 cm³/mol. The Morgan fingerprint density at radius 3 is 1.71 bits per heavy atom. The lowest BCUT2D eigenvalue weighted by atomic mass is 10.1. The largest absolute Gasteiger partial charge is 0.460 e. The molecule has 1 rings (SSSR count). The number of rotatable bonds is 4. The van der Waals surface area contributed by atoms with E-state index in [9.17, 15) is 47.9 Å². The number of hydrogen-bond acceptors (Lipinski definition) is 3. The molecule has 0 fully saturated rings. The lowest BCUT2D eigenvalue weighted by molar-refractivity contribution is -0.382. The first kappa shape index (κ1) is 20.4. The zero-order valence-corrected chi connectivity index (χ0v) is 12.3. The number of sulfone groups is 1. The topological polar surface area (TPSA) is 60.2 Å². The van der Waals surface area contributed by atoms with Crippen LogP contribution in [-0.4, -0.2) is 31.7 Å². The van der Waals surface area contributed by atoms with E-state index in [2.05, 4.69) is 0 Å². The zero-order chi connectivity index (χ0) is 19.4. The van der Waals surface area contributed by atoms with Gasteiger partial charge in [-0.05, 0) is 30.7 Å². The van der Waals surface area contributed by atoms with E-state index < -0.39 is 38.0 Å². The van der Waals surface area contributed by atoms with Gasteiger partial charge in [-0.15, -0.1) is 0 Å². The molecule has 0 atom stereocenters. The first-order valence-corrected chi connectivity index (χ1v) is 7.20. The van der Waals surface area contributed by atoms with E-state index in [-0.39, 0.29) is 17.3 Å². The standard InChI is InChI=1S/C11H8F9NO2S/c1-5-4-6(2-3-7(5)21)24(22,23)11(19,20)9(14,15)8(12,13)10(16,17)18/h2-4H,21H2,1H3. The highest BCUT2D eigenvalue weighted by atomic mass is 32.2. The highest BCUT2D eigenvalue weighted by Gasteiger charge is 2.85. The molecule has 24 heavy (non-hydrogen) atoms. The molecule has 2 N–H and O–H groups in total. The Morgan fingerprint density at radius 1 is 0.875 bits per heavy atom. The van der Waals surface area contributed by atoms with E-state index in [0.717, 1.165) is 6.92 Å². The molecule has 0 spiro atoms. The van der Waals surface area contributed by atoms with Crippen molar-refractivity contribution >= 4 is 15.5 Å². The molecule has 0 aliphatic rings. The zero-order valence-electron chi connectivity index (χ0n) is 11.4. The molecule has 13 heteroatoms. The van der Waals surface area contributed by atoms with Crippen molar-refractivity contribution in [1.29, 1.82) is 0 Å². The van der Waals surface area contributed by atoms with Crippen molar-refractivity contribution in [3.05, 3.63) is 23.8 Å². The van der Waals surface area contributed by atoms with Crippen molar-refractivity contribution < 1.29 is 47.9 Å². The smallest absolute Gasteiger partial charge is 0.399 e. The summed E-state index contributed by atoms with van der Waals surface area (Å²) in [5.41, 5.74) is 4.91. The van der Waals surface area contributed by atoms with Crippen LogP contribution < -0.4 is 5.73 Å². The lowest BCUT2D eigenvalue weighted by Crippen LogP contribution is -2.63. The van der Waals surface area contributed by atoms with Crippen LogP contribution >= 0.6 is 0 Å².